The summed E-state index contributed by atoms with van der Waals surface area (Å²) in [6.45, 7) is 3.65. The minimum absolute atomic E-state index is 0.225. The molecule has 0 radical (unpaired) electrons. The minimum Gasteiger partial charge on any atom is -0.382 e. The number of aromatic nitrogens is 2. The van der Waals surface area contributed by atoms with Gasteiger partial charge >= 0.3 is 0 Å². The first-order chi connectivity index (χ1) is 17.0. The Morgan fingerprint density at radius 3 is 1.57 bits per heavy atom. The summed E-state index contributed by atoms with van der Waals surface area (Å²) >= 11 is 0. The first-order valence-corrected chi connectivity index (χ1v) is 13.3. The first kappa shape index (κ1) is 30.6. The van der Waals surface area contributed by atoms with Crippen LogP contribution >= 0.6 is 0 Å². The van der Waals surface area contributed by atoms with E-state index < -0.39 is 0 Å². The Bertz CT molecular complexity index is 827. The molecule has 9 nitrogen and oxygen atoms in total. The van der Waals surface area contributed by atoms with Crippen molar-refractivity contribution in [2.45, 2.75) is 83.5 Å². The molecule has 1 heterocycles. The Morgan fingerprint density at radius 2 is 1.09 bits per heavy atom. The van der Waals surface area contributed by atoms with Gasteiger partial charge in [0.1, 0.15) is 23.9 Å². The third-order valence-corrected chi connectivity index (χ3v) is 6.51. The lowest BCUT2D eigenvalue weighted by molar-refractivity contribution is -0.108. The molecule has 0 atom stereocenters. The lowest BCUT2D eigenvalue weighted by Gasteiger charge is -2.23. The van der Waals surface area contributed by atoms with Crippen molar-refractivity contribution in [3.63, 3.8) is 0 Å². The molecule has 1 aromatic heterocycles. The zero-order valence-corrected chi connectivity index (χ0v) is 22.2. The molecule has 0 aliphatic carbocycles. The van der Waals surface area contributed by atoms with Crippen molar-refractivity contribution >= 4 is 23.9 Å². The number of rotatable bonds is 22. The van der Waals surface area contributed by atoms with E-state index in [-0.39, 0.29) is 11.1 Å². The summed E-state index contributed by atoms with van der Waals surface area (Å²) in [7, 11) is 4.83. The van der Waals surface area contributed by atoms with Crippen LogP contribution in [0.2, 0.25) is 0 Å². The van der Waals surface area contributed by atoms with Crippen LogP contribution in [0.15, 0.2) is 9.59 Å². The number of hydrogen-bond acceptors (Lipinski definition) is 7. The van der Waals surface area contributed by atoms with Gasteiger partial charge in [0.15, 0.2) is 0 Å². The molecule has 0 saturated heterocycles. The number of anilines is 2. The van der Waals surface area contributed by atoms with Crippen molar-refractivity contribution in [1.29, 1.82) is 0 Å². The predicted octanol–water partition coefficient (Wildman–Crippen LogP) is 3.31. The number of nitrogens with zero attached hydrogens (tertiary/aromatic N) is 3. The maximum absolute atomic E-state index is 12.6. The van der Waals surface area contributed by atoms with E-state index in [0.29, 0.717) is 30.8 Å². The fourth-order valence-electron chi connectivity index (χ4n) is 4.24. The predicted molar refractivity (Wildman–Crippen MR) is 144 cm³/mol. The lowest BCUT2D eigenvalue weighted by atomic mass is 10.1. The zero-order valence-electron chi connectivity index (χ0n) is 22.2. The van der Waals surface area contributed by atoms with Crippen LogP contribution in [0.5, 0.6) is 0 Å². The maximum Gasteiger partial charge on any atom is 0.290 e. The van der Waals surface area contributed by atoms with Crippen molar-refractivity contribution in [1.82, 2.24) is 14.3 Å². The van der Waals surface area contributed by atoms with Gasteiger partial charge in [-0.05, 0) is 51.7 Å². The van der Waals surface area contributed by atoms with Crippen LogP contribution in [0.3, 0.4) is 0 Å². The quantitative estimate of drug-likeness (QED) is 0.189. The average Bonchev–Trinajstić information content (AvgIpc) is 2.86. The van der Waals surface area contributed by atoms with E-state index in [4.69, 9.17) is 0 Å². The largest absolute Gasteiger partial charge is 0.382 e. The van der Waals surface area contributed by atoms with Gasteiger partial charge in [-0.3, -0.25) is 9.59 Å². The molecule has 2 N–H and O–H groups in total. The van der Waals surface area contributed by atoms with Gasteiger partial charge in [-0.1, -0.05) is 38.5 Å². The summed E-state index contributed by atoms with van der Waals surface area (Å²) in [6.07, 6.45) is 15.4. The van der Waals surface area contributed by atoms with E-state index >= 15 is 0 Å². The molecule has 200 valence electrons. The van der Waals surface area contributed by atoms with E-state index in [1.54, 1.807) is 21.1 Å². The molecule has 1 rings (SSSR count). The number of unbranched alkanes of at least 4 members (excludes halogenated alkanes) is 10. The van der Waals surface area contributed by atoms with Crippen LogP contribution in [0.25, 0.3) is 0 Å². The number of hydrogen-bond donors (Lipinski definition) is 2. The molecule has 0 aromatic carbocycles. The van der Waals surface area contributed by atoms with Crippen molar-refractivity contribution in [3.8, 4) is 0 Å². The molecule has 0 bridgehead atoms. The number of carbonyl (C=O) groups excluding carboxylic acids is 2. The van der Waals surface area contributed by atoms with Gasteiger partial charge in [0, 0.05) is 40.5 Å². The van der Waals surface area contributed by atoms with Crippen LogP contribution < -0.4 is 21.8 Å². The van der Waals surface area contributed by atoms with Gasteiger partial charge in [0.2, 0.25) is 0 Å². The van der Waals surface area contributed by atoms with E-state index in [9.17, 15) is 19.2 Å². The second-order valence-electron chi connectivity index (χ2n) is 9.23. The van der Waals surface area contributed by atoms with Crippen molar-refractivity contribution in [3.05, 3.63) is 20.7 Å². The van der Waals surface area contributed by atoms with E-state index in [1.165, 1.54) is 35.0 Å². The summed E-state index contributed by atoms with van der Waals surface area (Å²) in [5.74, 6) is 0. The number of nitrogens with one attached hydrogen (secondary N) is 2. The van der Waals surface area contributed by atoms with Crippen LogP contribution in [0.4, 0.5) is 11.4 Å². The van der Waals surface area contributed by atoms with Gasteiger partial charge in [0.05, 0.1) is 0 Å². The standard InChI is InChI=1S/C26H47N5O4/c1-27-23-24(26(35)30(3)29(2)25(23)34)28-17-16-20-31(18-12-8-4-6-10-14-21-32)19-13-9-5-7-11-15-22-33/h21-22,27-28H,4-20H2,1-3H3. The normalized spacial score (nSPS) is 11.1. The molecule has 0 saturated carbocycles. The van der Waals surface area contributed by atoms with Crippen LogP contribution in [0, 0.1) is 0 Å². The van der Waals surface area contributed by atoms with E-state index in [1.807, 2.05) is 0 Å². The Balaban J connectivity index is 2.53. The Hall–Kier alpha value is -2.42. The molecular formula is C26H47N5O4. The molecule has 0 aliphatic rings. The second-order valence-corrected chi connectivity index (χ2v) is 9.23. The fraction of sp³-hybridized carbons (Fsp3) is 0.769. The molecule has 0 fully saturated rings. The molecule has 0 amide bonds. The number of carbonyl (C=O) groups is 2. The SMILES string of the molecule is CNc1c(NCCCN(CCCCCCCC=O)CCCCCCCC=O)c(=O)n(C)n(C)c1=O. The maximum atomic E-state index is 12.6. The Kier molecular flexibility index (Phi) is 16.5. The summed E-state index contributed by atoms with van der Waals surface area (Å²) in [4.78, 5) is 48.5. The minimum atomic E-state index is -0.236. The highest BCUT2D eigenvalue weighted by atomic mass is 16.2. The highest BCUT2D eigenvalue weighted by Crippen LogP contribution is 2.12. The summed E-state index contributed by atoms with van der Waals surface area (Å²) < 4.78 is 2.63. The monoisotopic (exact) mass is 493 g/mol. The van der Waals surface area contributed by atoms with Crippen molar-refractivity contribution in [2.24, 2.45) is 14.1 Å². The summed E-state index contributed by atoms with van der Waals surface area (Å²) in [5.41, 5.74) is 0.171. The fourth-order valence-corrected chi connectivity index (χ4v) is 4.24. The zero-order chi connectivity index (χ0) is 25.9. The van der Waals surface area contributed by atoms with Crippen LogP contribution in [-0.2, 0) is 23.7 Å². The molecule has 1 aromatic rings. The van der Waals surface area contributed by atoms with E-state index in [2.05, 4.69) is 15.5 Å². The summed E-state index contributed by atoms with van der Waals surface area (Å²) in [5, 5.41) is 6.07. The second kappa shape index (κ2) is 18.9. The first-order valence-electron chi connectivity index (χ1n) is 13.3. The van der Waals surface area contributed by atoms with Crippen molar-refractivity contribution in [2.75, 3.05) is 43.9 Å². The van der Waals surface area contributed by atoms with Crippen LogP contribution in [-0.4, -0.2) is 60.1 Å². The Morgan fingerprint density at radius 1 is 0.657 bits per heavy atom. The van der Waals surface area contributed by atoms with Gasteiger partial charge < -0.3 is 25.1 Å². The van der Waals surface area contributed by atoms with Gasteiger partial charge in [-0.25, -0.2) is 9.36 Å². The summed E-state index contributed by atoms with van der Waals surface area (Å²) in [6, 6.07) is 0. The highest BCUT2D eigenvalue weighted by molar-refractivity contribution is 5.66. The number of aldehydes is 2. The van der Waals surface area contributed by atoms with Gasteiger partial charge in [-0.2, -0.15) is 0 Å². The van der Waals surface area contributed by atoms with Crippen LogP contribution in [0.1, 0.15) is 83.5 Å². The highest BCUT2D eigenvalue weighted by Gasteiger charge is 2.14. The van der Waals surface area contributed by atoms with Gasteiger partial charge in [0.25, 0.3) is 11.1 Å². The van der Waals surface area contributed by atoms with Gasteiger partial charge in [-0.15, -0.1) is 0 Å². The molecule has 35 heavy (non-hydrogen) atoms. The average molecular weight is 494 g/mol. The smallest absolute Gasteiger partial charge is 0.290 e. The topological polar surface area (TPSA) is 105 Å². The molecule has 0 unspecified atom stereocenters. The molecule has 9 heteroatoms. The van der Waals surface area contributed by atoms with E-state index in [0.717, 1.165) is 77.2 Å². The Labute approximate surface area is 210 Å². The van der Waals surface area contributed by atoms with Crippen molar-refractivity contribution < 1.29 is 9.59 Å². The third kappa shape index (κ3) is 11.7. The molecule has 0 aliphatic heterocycles. The molecular weight excluding hydrogens is 446 g/mol. The third-order valence-electron chi connectivity index (χ3n) is 6.51. The molecule has 0 spiro atoms. The lowest BCUT2D eigenvalue weighted by Crippen LogP contribution is -2.38.